The highest BCUT2D eigenvalue weighted by atomic mass is 32.1. The average Bonchev–Trinajstić information content (AvgIpc) is 3.13. The van der Waals surface area contributed by atoms with Crippen molar-refractivity contribution in [3.05, 3.63) is 46.3 Å². The van der Waals surface area contributed by atoms with E-state index in [1.807, 2.05) is 0 Å². The number of hydrogen-bond acceptors (Lipinski definition) is 5. The fourth-order valence-electron chi connectivity index (χ4n) is 2.34. The molecule has 1 amide bonds. The number of ketones is 2. The van der Waals surface area contributed by atoms with E-state index in [9.17, 15) is 18.8 Å². The number of rotatable bonds is 4. The molecule has 2 aromatic heterocycles. The summed E-state index contributed by atoms with van der Waals surface area (Å²) < 4.78 is 14.2. The Balaban J connectivity index is 2.06. The molecule has 0 unspecified atom stereocenters. The molecule has 0 saturated carbocycles. The van der Waals surface area contributed by atoms with Crippen LogP contribution in [0.1, 0.15) is 33.3 Å². The molecular weight excluding hydrogens is 333 g/mol. The van der Waals surface area contributed by atoms with Crippen LogP contribution in [0.2, 0.25) is 0 Å². The van der Waals surface area contributed by atoms with Gasteiger partial charge in [0.05, 0.1) is 22.3 Å². The summed E-state index contributed by atoms with van der Waals surface area (Å²) in [6.07, 6.45) is 1.24. The van der Waals surface area contributed by atoms with Crippen molar-refractivity contribution in [1.29, 1.82) is 0 Å². The Labute approximate surface area is 139 Å². The number of hydrogen-bond donors (Lipinski definition) is 2. The lowest BCUT2D eigenvalue weighted by atomic mass is 10.0. The van der Waals surface area contributed by atoms with Crippen molar-refractivity contribution in [1.82, 2.24) is 9.97 Å². The lowest BCUT2D eigenvalue weighted by molar-refractivity contribution is -0.113. The van der Waals surface area contributed by atoms with E-state index in [-0.39, 0.29) is 22.0 Å². The van der Waals surface area contributed by atoms with Crippen LogP contribution in [-0.2, 0) is 4.79 Å². The van der Waals surface area contributed by atoms with E-state index in [2.05, 4.69) is 15.3 Å². The standard InChI is InChI=1S/C16H12FN3O3S/c1-7-6-24-16(19-7)20-15(23)9-3-4-11(17)12-10(5-18-13(9)12)14(22)8(2)21/h3-6,18H,1-2H3,(H,19,20,23). The van der Waals surface area contributed by atoms with Gasteiger partial charge in [-0.1, -0.05) is 0 Å². The maximum atomic E-state index is 14.2. The molecule has 1 aromatic carbocycles. The quantitative estimate of drug-likeness (QED) is 0.561. The molecule has 0 atom stereocenters. The van der Waals surface area contributed by atoms with E-state index in [0.717, 1.165) is 18.7 Å². The van der Waals surface area contributed by atoms with Crippen LogP contribution in [0.25, 0.3) is 10.9 Å². The van der Waals surface area contributed by atoms with Crippen molar-refractivity contribution in [3.8, 4) is 0 Å². The van der Waals surface area contributed by atoms with Gasteiger partial charge in [-0.25, -0.2) is 9.37 Å². The predicted molar refractivity (Wildman–Crippen MR) is 88.1 cm³/mol. The normalized spacial score (nSPS) is 10.8. The van der Waals surface area contributed by atoms with Crippen molar-refractivity contribution >= 4 is 44.8 Å². The summed E-state index contributed by atoms with van der Waals surface area (Å²) >= 11 is 1.27. The number of aromatic nitrogens is 2. The van der Waals surface area contributed by atoms with E-state index >= 15 is 0 Å². The molecule has 2 N–H and O–H groups in total. The Hall–Kier alpha value is -2.87. The van der Waals surface area contributed by atoms with Crippen LogP contribution >= 0.6 is 11.3 Å². The third-order valence-electron chi connectivity index (χ3n) is 3.43. The minimum absolute atomic E-state index is 0.0711. The SMILES string of the molecule is CC(=O)C(=O)c1c[nH]c2c(C(=O)Nc3nc(C)cs3)ccc(F)c12. The van der Waals surface area contributed by atoms with Gasteiger partial charge in [-0.3, -0.25) is 19.7 Å². The van der Waals surface area contributed by atoms with E-state index in [0.29, 0.717) is 5.13 Å². The first-order chi connectivity index (χ1) is 11.4. The number of aryl methyl sites for hydroxylation is 1. The second-order valence-electron chi connectivity index (χ2n) is 5.18. The first kappa shape index (κ1) is 16.0. The zero-order valence-corrected chi connectivity index (χ0v) is 13.6. The number of nitrogens with one attached hydrogen (secondary N) is 2. The number of nitrogens with zero attached hydrogens (tertiary/aromatic N) is 1. The van der Waals surface area contributed by atoms with E-state index in [1.165, 1.54) is 23.6 Å². The van der Waals surface area contributed by atoms with E-state index in [4.69, 9.17) is 0 Å². The number of thiazole rings is 1. The van der Waals surface area contributed by atoms with Crippen molar-refractivity contribution in [2.75, 3.05) is 5.32 Å². The van der Waals surface area contributed by atoms with Gasteiger partial charge in [-0.05, 0) is 19.1 Å². The molecule has 0 aliphatic rings. The number of carbonyl (C=O) groups is 3. The van der Waals surface area contributed by atoms with Gasteiger partial charge in [-0.15, -0.1) is 11.3 Å². The number of amides is 1. The highest BCUT2D eigenvalue weighted by Crippen LogP contribution is 2.26. The van der Waals surface area contributed by atoms with E-state index in [1.54, 1.807) is 12.3 Å². The van der Waals surface area contributed by atoms with Gasteiger partial charge in [-0.2, -0.15) is 0 Å². The molecule has 3 rings (SSSR count). The van der Waals surface area contributed by atoms with Crippen LogP contribution in [0.4, 0.5) is 9.52 Å². The zero-order valence-electron chi connectivity index (χ0n) is 12.8. The number of anilines is 1. The van der Waals surface area contributed by atoms with Crippen molar-refractivity contribution in [2.45, 2.75) is 13.8 Å². The molecule has 0 spiro atoms. The second kappa shape index (κ2) is 5.97. The third-order valence-corrected chi connectivity index (χ3v) is 4.31. The highest BCUT2D eigenvalue weighted by Gasteiger charge is 2.22. The monoisotopic (exact) mass is 345 g/mol. The number of Topliss-reactive ketones (excluding diaryl/α,β-unsaturated/α-hetero) is 2. The average molecular weight is 345 g/mol. The molecule has 0 aliphatic carbocycles. The lowest BCUT2D eigenvalue weighted by Gasteiger charge is -2.05. The van der Waals surface area contributed by atoms with Crippen molar-refractivity contribution in [2.24, 2.45) is 0 Å². The molecular formula is C16H12FN3O3S. The molecule has 0 fully saturated rings. The number of H-pyrrole nitrogens is 1. The summed E-state index contributed by atoms with van der Waals surface area (Å²) in [6, 6.07) is 2.40. The molecule has 0 saturated heterocycles. The molecule has 0 radical (unpaired) electrons. The Morgan fingerprint density at radius 3 is 2.62 bits per heavy atom. The molecule has 3 aromatic rings. The first-order valence-electron chi connectivity index (χ1n) is 6.97. The third kappa shape index (κ3) is 2.71. The number of benzene rings is 1. The number of fused-ring (bicyclic) bond motifs is 1. The maximum Gasteiger partial charge on any atom is 0.259 e. The van der Waals surface area contributed by atoms with Crippen molar-refractivity contribution in [3.63, 3.8) is 0 Å². The van der Waals surface area contributed by atoms with Gasteiger partial charge in [0.1, 0.15) is 5.82 Å². The fourth-order valence-corrected chi connectivity index (χ4v) is 3.02. The van der Waals surface area contributed by atoms with Crippen LogP contribution in [0.3, 0.4) is 0 Å². The van der Waals surface area contributed by atoms with Crippen LogP contribution in [0.15, 0.2) is 23.7 Å². The lowest BCUT2D eigenvalue weighted by Crippen LogP contribution is -2.13. The topological polar surface area (TPSA) is 91.9 Å². The molecule has 24 heavy (non-hydrogen) atoms. The summed E-state index contributed by atoms with van der Waals surface area (Å²) in [5.74, 6) is -2.69. The van der Waals surface area contributed by atoms with Gasteiger partial charge in [0.2, 0.25) is 5.78 Å². The van der Waals surface area contributed by atoms with Crippen LogP contribution in [0, 0.1) is 12.7 Å². The molecule has 0 aliphatic heterocycles. The predicted octanol–water partition coefficient (Wildman–Crippen LogP) is 3.10. The summed E-state index contributed by atoms with van der Waals surface area (Å²) in [5.41, 5.74) is 0.996. The number of halogens is 1. The molecule has 6 nitrogen and oxygen atoms in total. The number of aromatic amines is 1. The Morgan fingerprint density at radius 1 is 1.25 bits per heavy atom. The molecule has 0 bridgehead atoms. The maximum absolute atomic E-state index is 14.2. The molecule has 2 heterocycles. The van der Waals surface area contributed by atoms with Crippen LogP contribution in [-0.4, -0.2) is 27.4 Å². The Bertz CT molecular complexity index is 990. The highest BCUT2D eigenvalue weighted by molar-refractivity contribution is 7.13. The molecule has 122 valence electrons. The minimum atomic E-state index is -0.812. The largest absolute Gasteiger partial charge is 0.360 e. The van der Waals surface area contributed by atoms with Gasteiger partial charge in [0, 0.05) is 23.9 Å². The zero-order chi connectivity index (χ0) is 17.4. The van der Waals surface area contributed by atoms with Gasteiger partial charge >= 0.3 is 0 Å². The van der Waals surface area contributed by atoms with E-state index < -0.39 is 23.3 Å². The summed E-state index contributed by atoms with van der Waals surface area (Å²) in [5, 5.41) is 4.76. The minimum Gasteiger partial charge on any atom is -0.360 e. The second-order valence-corrected chi connectivity index (χ2v) is 6.04. The Morgan fingerprint density at radius 2 is 2.00 bits per heavy atom. The van der Waals surface area contributed by atoms with Crippen LogP contribution < -0.4 is 5.32 Å². The van der Waals surface area contributed by atoms with Crippen molar-refractivity contribution < 1.29 is 18.8 Å². The smallest absolute Gasteiger partial charge is 0.259 e. The summed E-state index contributed by atoms with van der Waals surface area (Å²) in [6.45, 7) is 2.91. The summed E-state index contributed by atoms with van der Waals surface area (Å²) in [4.78, 5) is 42.5. The van der Waals surface area contributed by atoms with Gasteiger partial charge < -0.3 is 4.98 Å². The fraction of sp³-hybridized carbons (Fsp3) is 0.125. The summed E-state index contributed by atoms with van der Waals surface area (Å²) in [7, 11) is 0. The van der Waals surface area contributed by atoms with Gasteiger partial charge in [0.25, 0.3) is 5.91 Å². The molecule has 8 heteroatoms. The van der Waals surface area contributed by atoms with Gasteiger partial charge in [0.15, 0.2) is 10.9 Å². The number of carbonyl (C=O) groups excluding carboxylic acids is 3. The van der Waals surface area contributed by atoms with Crippen LogP contribution in [0.5, 0.6) is 0 Å². The Kier molecular flexibility index (Phi) is 3.98. The first-order valence-corrected chi connectivity index (χ1v) is 7.84.